The molecular formula is C14H11ClFIN2O. The summed E-state index contributed by atoms with van der Waals surface area (Å²) in [6, 6.07) is 3.40. The van der Waals surface area contributed by atoms with E-state index in [1.165, 1.54) is 6.20 Å². The van der Waals surface area contributed by atoms with Gasteiger partial charge in [-0.25, -0.2) is 9.37 Å². The number of halogens is 3. The molecule has 0 spiro atoms. The van der Waals surface area contributed by atoms with Crippen LogP contribution in [-0.4, -0.2) is 10.9 Å². The fourth-order valence-corrected chi connectivity index (χ4v) is 3.20. The summed E-state index contributed by atoms with van der Waals surface area (Å²) >= 11 is 7.85. The van der Waals surface area contributed by atoms with Gasteiger partial charge in [-0.05, 0) is 52.4 Å². The monoisotopic (exact) mass is 404 g/mol. The van der Waals surface area contributed by atoms with Gasteiger partial charge in [0.25, 0.3) is 0 Å². The van der Waals surface area contributed by atoms with Crippen LogP contribution in [0.3, 0.4) is 0 Å². The number of fused-ring (bicyclic) bond motifs is 1. The molecule has 1 fully saturated rings. The van der Waals surface area contributed by atoms with Crippen LogP contribution < -0.4 is 5.32 Å². The number of rotatable bonds is 2. The summed E-state index contributed by atoms with van der Waals surface area (Å²) in [5, 5.41) is 4.16. The number of benzene rings is 1. The topological polar surface area (TPSA) is 42.0 Å². The molecule has 0 bridgehead atoms. The maximum Gasteiger partial charge on any atom is 0.228 e. The van der Waals surface area contributed by atoms with Crippen LogP contribution in [0.1, 0.15) is 13.3 Å². The van der Waals surface area contributed by atoms with Gasteiger partial charge >= 0.3 is 0 Å². The normalized spacial score (nSPS) is 21.0. The van der Waals surface area contributed by atoms with Crippen molar-refractivity contribution in [1.29, 1.82) is 0 Å². The van der Waals surface area contributed by atoms with Gasteiger partial charge in [-0.3, -0.25) is 4.79 Å². The Hall–Kier alpha value is -0.950. The van der Waals surface area contributed by atoms with Crippen molar-refractivity contribution in [3.05, 3.63) is 32.7 Å². The van der Waals surface area contributed by atoms with Gasteiger partial charge in [0.05, 0.1) is 8.59 Å². The lowest BCUT2D eigenvalue weighted by Gasteiger charge is -2.07. The first kappa shape index (κ1) is 14.0. The lowest BCUT2D eigenvalue weighted by molar-refractivity contribution is -0.117. The number of anilines is 1. The lowest BCUT2D eigenvalue weighted by atomic mass is 10.1. The first-order valence-corrected chi connectivity index (χ1v) is 7.67. The molecule has 2 atom stereocenters. The van der Waals surface area contributed by atoms with Gasteiger partial charge in [-0.1, -0.05) is 18.5 Å². The summed E-state index contributed by atoms with van der Waals surface area (Å²) < 4.78 is 14.1. The summed E-state index contributed by atoms with van der Waals surface area (Å²) in [5.74, 6) is 0.557. The predicted octanol–water partition coefficient (Wildman–Crippen LogP) is 4.23. The maximum atomic E-state index is 13.7. The minimum atomic E-state index is -0.440. The molecule has 1 aromatic heterocycles. The van der Waals surface area contributed by atoms with E-state index < -0.39 is 5.82 Å². The van der Waals surface area contributed by atoms with Crippen LogP contribution in [-0.2, 0) is 4.79 Å². The van der Waals surface area contributed by atoms with E-state index >= 15 is 0 Å². The number of carbonyl (C=O) groups is 1. The van der Waals surface area contributed by atoms with Crippen molar-refractivity contribution in [3.8, 4) is 0 Å². The molecule has 6 heteroatoms. The zero-order valence-corrected chi connectivity index (χ0v) is 13.5. The number of hydrogen-bond donors (Lipinski definition) is 1. The zero-order valence-electron chi connectivity index (χ0n) is 10.6. The van der Waals surface area contributed by atoms with Gasteiger partial charge < -0.3 is 5.32 Å². The van der Waals surface area contributed by atoms with E-state index in [-0.39, 0.29) is 16.8 Å². The smallest absolute Gasteiger partial charge is 0.228 e. The highest BCUT2D eigenvalue weighted by Crippen LogP contribution is 2.38. The molecule has 0 saturated heterocycles. The largest absolute Gasteiger partial charge is 0.310 e. The second kappa shape index (κ2) is 5.11. The Morgan fingerprint density at radius 1 is 1.55 bits per heavy atom. The third kappa shape index (κ3) is 2.48. The van der Waals surface area contributed by atoms with Crippen LogP contribution in [0.15, 0.2) is 18.3 Å². The third-order valence-corrected chi connectivity index (χ3v) is 4.71. The summed E-state index contributed by atoms with van der Waals surface area (Å²) in [4.78, 5) is 16.0. The molecule has 1 aliphatic rings. The van der Waals surface area contributed by atoms with Gasteiger partial charge in [0, 0.05) is 17.5 Å². The van der Waals surface area contributed by atoms with E-state index in [9.17, 15) is 9.18 Å². The van der Waals surface area contributed by atoms with Crippen LogP contribution in [0.4, 0.5) is 10.2 Å². The molecule has 3 rings (SSSR count). The number of aromatic nitrogens is 1. The van der Waals surface area contributed by atoms with Crippen molar-refractivity contribution in [2.45, 2.75) is 13.3 Å². The van der Waals surface area contributed by atoms with E-state index in [2.05, 4.69) is 10.3 Å². The van der Waals surface area contributed by atoms with E-state index in [1.54, 1.807) is 12.1 Å². The lowest BCUT2D eigenvalue weighted by Crippen LogP contribution is -2.15. The molecule has 0 radical (unpaired) electrons. The van der Waals surface area contributed by atoms with Crippen molar-refractivity contribution < 1.29 is 9.18 Å². The second-order valence-corrected chi connectivity index (χ2v) is 6.63. The van der Waals surface area contributed by atoms with Gasteiger partial charge in [0.1, 0.15) is 5.82 Å². The number of nitrogens with zero attached hydrogens (tertiary/aromatic N) is 1. The third-order valence-electron chi connectivity index (χ3n) is 3.55. The Bertz CT molecular complexity index is 722. The molecule has 2 aromatic rings. The molecule has 20 heavy (non-hydrogen) atoms. The quantitative estimate of drug-likeness (QED) is 0.601. The number of amides is 1. The molecule has 1 aliphatic carbocycles. The summed E-state index contributed by atoms with van der Waals surface area (Å²) in [7, 11) is 0. The summed E-state index contributed by atoms with van der Waals surface area (Å²) in [5.41, 5.74) is 0. The molecule has 0 aliphatic heterocycles. The highest BCUT2D eigenvalue weighted by molar-refractivity contribution is 14.1. The molecule has 1 amide bonds. The minimum Gasteiger partial charge on any atom is -0.310 e. The molecule has 1 saturated carbocycles. The minimum absolute atomic E-state index is 0.00717. The Kier molecular flexibility index (Phi) is 3.58. The van der Waals surface area contributed by atoms with Crippen molar-refractivity contribution in [1.82, 2.24) is 4.98 Å². The maximum absolute atomic E-state index is 13.7. The van der Waals surface area contributed by atoms with E-state index in [1.807, 2.05) is 29.5 Å². The highest BCUT2D eigenvalue weighted by Gasteiger charge is 2.39. The van der Waals surface area contributed by atoms with Crippen LogP contribution in [0.5, 0.6) is 0 Å². The predicted molar refractivity (Wildman–Crippen MR) is 85.3 cm³/mol. The fraction of sp³-hybridized carbons (Fsp3) is 0.286. The van der Waals surface area contributed by atoms with Gasteiger partial charge in [-0.2, -0.15) is 0 Å². The molecule has 104 valence electrons. The first-order chi connectivity index (χ1) is 9.47. The summed E-state index contributed by atoms with van der Waals surface area (Å²) in [6.07, 6.45) is 2.41. The molecule has 1 aromatic carbocycles. The zero-order chi connectivity index (χ0) is 14.4. The van der Waals surface area contributed by atoms with E-state index in [0.717, 1.165) is 11.8 Å². The van der Waals surface area contributed by atoms with Crippen LogP contribution >= 0.6 is 34.2 Å². The fourth-order valence-electron chi connectivity index (χ4n) is 2.17. The van der Waals surface area contributed by atoms with Gasteiger partial charge in [0.2, 0.25) is 5.91 Å². The SMILES string of the molecule is C[C@@H]1C[C@H]1C(=O)Nc1cc2cc(I)c(F)c(Cl)c2cn1. The van der Waals surface area contributed by atoms with E-state index in [0.29, 0.717) is 20.7 Å². The number of carbonyl (C=O) groups excluding carboxylic acids is 1. The first-order valence-electron chi connectivity index (χ1n) is 6.21. The standard InChI is InChI=1S/C14H11ClFIN2O/c1-6-2-8(6)14(20)19-11-4-7-3-10(17)13(16)12(15)9(7)5-18-11/h3-6,8H,2H2,1H3,(H,18,19,20)/t6-,8-/m1/s1. The van der Waals surface area contributed by atoms with Crippen LogP contribution in [0, 0.1) is 21.2 Å². The summed E-state index contributed by atoms with van der Waals surface area (Å²) in [6.45, 7) is 2.04. The van der Waals surface area contributed by atoms with Crippen molar-refractivity contribution in [2.75, 3.05) is 5.32 Å². The molecule has 1 N–H and O–H groups in total. The molecule has 0 unspecified atom stereocenters. The van der Waals surface area contributed by atoms with Crippen LogP contribution in [0.2, 0.25) is 5.02 Å². The number of hydrogen-bond acceptors (Lipinski definition) is 2. The van der Waals surface area contributed by atoms with Crippen LogP contribution in [0.25, 0.3) is 10.8 Å². The van der Waals surface area contributed by atoms with Gasteiger partial charge in [0.15, 0.2) is 5.82 Å². The second-order valence-electron chi connectivity index (χ2n) is 5.09. The van der Waals surface area contributed by atoms with Crippen molar-refractivity contribution >= 4 is 56.7 Å². The highest BCUT2D eigenvalue weighted by atomic mass is 127. The van der Waals surface area contributed by atoms with Gasteiger partial charge in [-0.15, -0.1) is 0 Å². The Balaban J connectivity index is 1.94. The van der Waals surface area contributed by atoms with Crippen molar-refractivity contribution in [3.63, 3.8) is 0 Å². The average molecular weight is 405 g/mol. The Labute approximate surface area is 134 Å². The van der Waals surface area contributed by atoms with E-state index in [4.69, 9.17) is 11.6 Å². The number of nitrogens with one attached hydrogen (secondary N) is 1. The molecule has 1 heterocycles. The van der Waals surface area contributed by atoms with Crippen molar-refractivity contribution in [2.24, 2.45) is 11.8 Å². The molecular weight excluding hydrogens is 394 g/mol. The Morgan fingerprint density at radius 2 is 2.25 bits per heavy atom. The Morgan fingerprint density at radius 3 is 2.90 bits per heavy atom. The number of pyridine rings is 1. The molecule has 3 nitrogen and oxygen atoms in total. The average Bonchev–Trinajstić information content (AvgIpc) is 3.13.